The first kappa shape index (κ1) is 12.3. The number of benzene rings is 1. The van der Waals surface area contributed by atoms with Gasteiger partial charge in [0.15, 0.2) is 0 Å². The lowest BCUT2D eigenvalue weighted by molar-refractivity contribution is 0.897. The zero-order valence-electron chi connectivity index (χ0n) is 9.28. The van der Waals surface area contributed by atoms with Crippen LogP contribution in [0.4, 0.5) is 0 Å². The topological polar surface area (TPSA) is 26.0 Å². The summed E-state index contributed by atoms with van der Waals surface area (Å²) in [5, 5.41) is 0. The van der Waals surface area contributed by atoms with E-state index in [0.717, 1.165) is 0 Å². The van der Waals surface area contributed by atoms with Crippen LogP contribution in [0.15, 0.2) is 35.2 Å². The summed E-state index contributed by atoms with van der Waals surface area (Å²) in [5.41, 5.74) is 6.95. The highest BCUT2D eigenvalue weighted by Crippen LogP contribution is 2.19. The van der Waals surface area contributed by atoms with Gasteiger partial charge in [0.05, 0.1) is 0 Å². The third-order valence-electron chi connectivity index (χ3n) is 2.11. The summed E-state index contributed by atoms with van der Waals surface area (Å²) in [6.07, 6.45) is 4.69. The van der Waals surface area contributed by atoms with Crippen molar-refractivity contribution in [1.82, 2.24) is 0 Å². The highest BCUT2D eigenvalue weighted by molar-refractivity contribution is 8.03. The molecule has 0 aromatic heterocycles. The molecule has 0 radical (unpaired) electrons. The van der Waals surface area contributed by atoms with Crippen molar-refractivity contribution in [2.24, 2.45) is 5.73 Å². The first-order valence-corrected chi connectivity index (χ1v) is 6.44. The third kappa shape index (κ3) is 5.05. The van der Waals surface area contributed by atoms with E-state index in [1.807, 2.05) is 17.8 Å². The smallest absolute Gasteiger partial charge is 0.0239 e. The fourth-order valence-electron chi connectivity index (χ4n) is 1.24. The molecule has 1 nitrogen and oxygen atoms in total. The van der Waals surface area contributed by atoms with E-state index in [1.165, 1.54) is 29.1 Å². The number of nitrogens with two attached hydrogens (primary N) is 1. The zero-order valence-corrected chi connectivity index (χ0v) is 10.1. The monoisotopic (exact) mass is 221 g/mol. The Morgan fingerprint density at radius 2 is 2.07 bits per heavy atom. The van der Waals surface area contributed by atoms with Crippen LogP contribution >= 0.6 is 11.8 Å². The molecule has 0 aliphatic rings. The van der Waals surface area contributed by atoms with Gasteiger partial charge in [-0.25, -0.2) is 0 Å². The average molecular weight is 221 g/mol. The molecule has 0 spiro atoms. The van der Waals surface area contributed by atoms with Crippen molar-refractivity contribution in [3.8, 4) is 0 Å². The maximum absolute atomic E-state index is 5.71. The second-order valence-corrected chi connectivity index (χ2v) is 4.65. The summed E-state index contributed by atoms with van der Waals surface area (Å²) in [6.45, 7) is 2.85. The predicted molar refractivity (Wildman–Crippen MR) is 70.8 cm³/mol. The molecule has 0 atom stereocenters. The molecule has 2 heteroatoms. The van der Waals surface area contributed by atoms with Gasteiger partial charge in [-0.15, -0.1) is 11.8 Å². The van der Waals surface area contributed by atoms with Gasteiger partial charge in [-0.2, -0.15) is 0 Å². The van der Waals surface area contributed by atoms with Crippen LogP contribution in [-0.4, -0.2) is 12.3 Å². The van der Waals surface area contributed by atoms with Gasteiger partial charge >= 0.3 is 0 Å². The molecule has 15 heavy (non-hydrogen) atoms. The Hall–Kier alpha value is -0.730. The fraction of sp³-hybridized carbons (Fsp3) is 0.385. The van der Waals surface area contributed by atoms with Crippen LogP contribution in [0.2, 0.25) is 0 Å². The molecule has 82 valence electrons. The number of hydrogen-bond donors (Lipinski definition) is 1. The van der Waals surface area contributed by atoms with Crippen LogP contribution in [0.1, 0.15) is 25.3 Å². The first-order valence-electron chi connectivity index (χ1n) is 5.45. The van der Waals surface area contributed by atoms with E-state index >= 15 is 0 Å². The van der Waals surface area contributed by atoms with Gasteiger partial charge < -0.3 is 5.73 Å². The fourth-order valence-corrected chi connectivity index (χ4v) is 2.27. The molecule has 0 amide bonds. The largest absolute Gasteiger partial charge is 0.326 e. The molecule has 1 rings (SSSR count). The maximum Gasteiger partial charge on any atom is 0.0239 e. The highest BCUT2D eigenvalue weighted by atomic mass is 32.2. The Balaban J connectivity index is 2.54. The van der Waals surface area contributed by atoms with E-state index in [-0.39, 0.29) is 0 Å². The van der Waals surface area contributed by atoms with Crippen molar-refractivity contribution >= 4 is 17.8 Å². The molecule has 0 fully saturated rings. The minimum absolute atomic E-state index is 0.642. The molecule has 0 bridgehead atoms. The third-order valence-corrected chi connectivity index (χ3v) is 3.26. The molecular formula is C13H19NS. The number of thioether (sulfide) groups is 1. The molecule has 0 saturated heterocycles. The molecule has 1 aromatic rings. The van der Waals surface area contributed by atoms with Gasteiger partial charge in [-0.3, -0.25) is 0 Å². The van der Waals surface area contributed by atoms with Crippen molar-refractivity contribution in [1.29, 1.82) is 0 Å². The van der Waals surface area contributed by atoms with E-state index in [4.69, 9.17) is 5.73 Å². The summed E-state index contributed by atoms with van der Waals surface area (Å²) < 4.78 is 0. The molecule has 1 aromatic carbocycles. The molecule has 0 saturated carbocycles. The maximum atomic E-state index is 5.71. The zero-order chi connectivity index (χ0) is 10.9. The highest BCUT2D eigenvalue weighted by Gasteiger charge is 1.96. The van der Waals surface area contributed by atoms with E-state index < -0.39 is 0 Å². The molecule has 0 heterocycles. The summed E-state index contributed by atoms with van der Waals surface area (Å²) in [7, 11) is 0. The minimum Gasteiger partial charge on any atom is -0.326 e. The van der Waals surface area contributed by atoms with Crippen molar-refractivity contribution in [2.75, 3.05) is 12.3 Å². The second-order valence-electron chi connectivity index (χ2n) is 3.43. The Labute approximate surface area is 96.8 Å². The van der Waals surface area contributed by atoms with Crippen LogP contribution in [0.25, 0.3) is 6.08 Å². The van der Waals surface area contributed by atoms with Crippen molar-refractivity contribution < 1.29 is 0 Å². The van der Waals surface area contributed by atoms with Crippen molar-refractivity contribution in [3.05, 3.63) is 40.8 Å². The standard InChI is InChI=1S/C13H19NS/c1-2-3-9-15-13(11-14)10-12-7-5-4-6-8-12/h4-8,10H,2-3,9,11,14H2,1H3/b13-10-. The van der Waals surface area contributed by atoms with Crippen molar-refractivity contribution in [2.45, 2.75) is 19.8 Å². The van der Waals surface area contributed by atoms with Gasteiger partial charge in [-0.05, 0) is 28.7 Å². The van der Waals surface area contributed by atoms with Gasteiger partial charge in [0, 0.05) is 6.54 Å². The van der Waals surface area contributed by atoms with Crippen LogP contribution < -0.4 is 5.73 Å². The summed E-state index contributed by atoms with van der Waals surface area (Å²) in [6, 6.07) is 10.4. The number of hydrogen-bond acceptors (Lipinski definition) is 2. The Bertz CT molecular complexity index is 293. The van der Waals surface area contributed by atoms with Crippen LogP contribution in [0, 0.1) is 0 Å². The molecule has 0 unspecified atom stereocenters. The van der Waals surface area contributed by atoms with E-state index in [2.05, 4.69) is 37.3 Å². The summed E-state index contributed by atoms with van der Waals surface area (Å²) in [5.74, 6) is 1.17. The van der Waals surface area contributed by atoms with E-state index in [0.29, 0.717) is 6.54 Å². The van der Waals surface area contributed by atoms with Crippen LogP contribution in [-0.2, 0) is 0 Å². The van der Waals surface area contributed by atoms with Crippen LogP contribution in [0.5, 0.6) is 0 Å². The second kappa shape index (κ2) is 7.55. The molecule has 0 aliphatic heterocycles. The first-order chi connectivity index (χ1) is 7.36. The van der Waals surface area contributed by atoms with Crippen LogP contribution in [0.3, 0.4) is 0 Å². The SMILES string of the molecule is CCCCS/C(=C\c1ccccc1)CN. The van der Waals surface area contributed by atoms with Gasteiger partial charge in [0.25, 0.3) is 0 Å². The average Bonchev–Trinajstić information content (AvgIpc) is 2.29. The summed E-state index contributed by atoms with van der Waals surface area (Å²) in [4.78, 5) is 1.27. The Kier molecular flexibility index (Phi) is 6.21. The number of unbranched alkanes of at least 4 members (excludes halogenated alkanes) is 1. The van der Waals surface area contributed by atoms with Gasteiger partial charge in [0.2, 0.25) is 0 Å². The van der Waals surface area contributed by atoms with Gasteiger partial charge in [-0.1, -0.05) is 43.7 Å². The molecule has 2 N–H and O–H groups in total. The molecule has 0 aliphatic carbocycles. The lowest BCUT2D eigenvalue weighted by Crippen LogP contribution is -2.00. The van der Waals surface area contributed by atoms with E-state index in [1.54, 1.807) is 0 Å². The number of rotatable bonds is 6. The van der Waals surface area contributed by atoms with Crippen molar-refractivity contribution in [3.63, 3.8) is 0 Å². The molecular weight excluding hydrogens is 202 g/mol. The lowest BCUT2D eigenvalue weighted by atomic mass is 10.2. The summed E-state index contributed by atoms with van der Waals surface area (Å²) >= 11 is 1.88. The Morgan fingerprint density at radius 1 is 1.33 bits per heavy atom. The quantitative estimate of drug-likeness (QED) is 0.744. The minimum atomic E-state index is 0.642. The van der Waals surface area contributed by atoms with Gasteiger partial charge in [0.1, 0.15) is 0 Å². The normalized spacial score (nSPS) is 11.7. The Morgan fingerprint density at radius 3 is 2.67 bits per heavy atom. The predicted octanol–water partition coefficient (Wildman–Crippen LogP) is 3.52. The lowest BCUT2D eigenvalue weighted by Gasteiger charge is -2.03. The van der Waals surface area contributed by atoms with E-state index in [9.17, 15) is 0 Å².